The summed E-state index contributed by atoms with van der Waals surface area (Å²) in [6.07, 6.45) is 1.69. The third-order valence-corrected chi connectivity index (χ3v) is 4.38. The SMILES string of the molecule is COc1ccc(NC(=S)N/N=C/c2ccc(Oc3ccc(Br)cc3)cc2)cc1. The molecule has 0 saturated carbocycles. The largest absolute Gasteiger partial charge is 0.497 e. The van der Waals surface area contributed by atoms with E-state index in [1.807, 2.05) is 72.8 Å². The van der Waals surface area contributed by atoms with Crippen LogP contribution >= 0.6 is 28.1 Å². The second-order valence-electron chi connectivity index (χ2n) is 5.68. The van der Waals surface area contributed by atoms with Crippen molar-refractivity contribution in [2.45, 2.75) is 0 Å². The summed E-state index contributed by atoms with van der Waals surface area (Å²) in [6.45, 7) is 0. The lowest BCUT2D eigenvalue weighted by atomic mass is 10.2. The normalized spacial score (nSPS) is 10.5. The van der Waals surface area contributed by atoms with Gasteiger partial charge in [-0.1, -0.05) is 15.9 Å². The summed E-state index contributed by atoms with van der Waals surface area (Å²) < 4.78 is 11.9. The molecule has 0 spiro atoms. The maximum absolute atomic E-state index is 5.79. The molecule has 7 heteroatoms. The lowest BCUT2D eigenvalue weighted by Gasteiger charge is -2.08. The molecule has 0 radical (unpaired) electrons. The van der Waals surface area contributed by atoms with Crippen LogP contribution in [0.25, 0.3) is 0 Å². The molecule has 0 heterocycles. The molecular weight excluding hydrogens is 438 g/mol. The maximum Gasteiger partial charge on any atom is 0.191 e. The van der Waals surface area contributed by atoms with Crippen LogP contribution in [0.15, 0.2) is 82.4 Å². The van der Waals surface area contributed by atoms with E-state index in [1.165, 1.54) is 0 Å². The number of halogens is 1. The fourth-order valence-electron chi connectivity index (χ4n) is 2.26. The van der Waals surface area contributed by atoms with Crippen molar-refractivity contribution < 1.29 is 9.47 Å². The second kappa shape index (κ2) is 9.87. The van der Waals surface area contributed by atoms with E-state index in [0.29, 0.717) is 5.11 Å². The van der Waals surface area contributed by atoms with E-state index in [4.69, 9.17) is 21.7 Å². The van der Waals surface area contributed by atoms with Crippen LogP contribution in [0.5, 0.6) is 17.2 Å². The average molecular weight is 456 g/mol. The second-order valence-corrected chi connectivity index (χ2v) is 7.00. The first-order valence-corrected chi connectivity index (χ1v) is 9.60. The van der Waals surface area contributed by atoms with Crippen molar-refractivity contribution in [2.75, 3.05) is 12.4 Å². The quantitative estimate of drug-likeness (QED) is 0.289. The van der Waals surface area contributed by atoms with E-state index >= 15 is 0 Å². The smallest absolute Gasteiger partial charge is 0.191 e. The zero-order valence-electron chi connectivity index (χ0n) is 15.1. The van der Waals surface area contributed by atoms with Gasteiger partial charge in [-0.25, -0.2) is 0 Å². The molecule has 28 heavy (non-hydrogen) atoms. The van der Waals surface area contributed by atoms with Gasteiger partial charge >= 0.3 is 0 Å². The van der Waals surface area contributed by atoms with Gasteiger partial charge in [0.2, 0.25) is 0 Å². The highest BCUT2D eigenvalue weighted by Gasteiger charge is 1.99. The molecule has 0 amide bonds. The molecule has 0 aliphatic heterocycles. The van der Waals surface area contributed by atoms with E-state index in [-0.39, 0.29) is 0 Å². The van der Waals surface area contributed by atoms with Gasteiger partial charge < -0.3 is 14.8 Å². The van der Waals surface area contributed by atoms with E-state index in [1.54, 1.807) is 13.3 Å². The highest BCUT2D eigenvalue weighted by Crippen LogP contribution is 2.23. The number of benzene rings is 3. The maximum atomic E-state index is 5.79. The van der Waals surface area contributed by atoms with Crippen molar-refractivity contribution in [3.8, 4) is 17.2 Å². The van der Waals surface area contributed by atoms with Gasteiger partial charge in [-0.05, 0) is 90.6 Å². The van der Waals surface area contributed by atoms with Gasteiger partial charge in [0.15, 0.2) is 5.11 Å². The van der Waals surface area contributed by atoms with Crippen LogP contribution in [-0.2, 0) is 0 Å². The Bertz CT molecular complexity index is 943. The van der Waals surface area contributed by atoms with Crippen LogP contribution in [-0.4, -0.2) is 18.4 Å². The Labute approximate surface area is 177 Å². The van der Waals surface area contributed by atoms with Crippen LogP contribution in [0.3, 0.4) is 0 Å². The zero-order valence-corrected chi connectivity index (χ0v) is 17.5. The summed E-state index contributed by atoms with van der Waals surface area (Å²) in [5, 5.41) is 7.59. The third kappa shape index (κ3) is 6.07. The van der Waals surface area contributed by atoms with Gasteiger partial charge in [-0.2, -0.15) is 5.10 Å². The summed E-state index contributed by atoms with van der Waals surface area (Å²) in [5.74, 6) is 2.32. The predicted octanol–water partition coefficient (Wildman–Crippen LogP) is 5.57. The molecule has 3 aromatic rings. The van der Waals surface area contributed by atoms with Crippen LogP contribution in [0.4, 0.5) is 5.69 Å². The van der Waals surface area contributed by atoms with Gasteiger partial charge in [0.1, 0.15) is 17.2 Å². The first-order valence-electron chi connectivity index (χ1n) is 8.40. The van der Waals surface area contributed by atoms with E-state index in [9.17, 15) is 0 Å². The van der Waals surface area contributed by atoms with Gasteiger partial charge in [-0.3, -0.25) is 5.43 Å². The molecular formula is C21H18BrN3O2S. The molecule has 5 nitrogen and oxygen atoms in total. The topological polar surface area (TPSA) is 54.9 Å². The number of methoxy groups -OCH3 is 1. The fourth-order valence-corrected chi connectivity index (χ4v) is 2.69. The summed E-state index contributed by atoms with van der Waals surface area (Å²) in [5.41, 5.74) is 4.56. The van der Waals surface area contributed by atoms with Crippen molar-refractivity contribution in [3.63, 3.8) is 0 Å². The number of hydrogen-bond acceptors (Lipinski definition) is 4. The number of thiocarbonyl (C=S) groups is 1. The lowest BCUT2D eigenvalue weighted by Crippen LogP contribution is -2.23. The Balaban J connectivity index is 1.49. The lowest BCUT2D eigenvalue weighted by molar-refractivity contribution is 0.415. The first-order chi connectivity index (χ1) is 13.6. The minimum Gasteiger partial charge on any atom is -0.497 e. The average Bonchev–Trinajstić information content (AvgIpc) is 2.71. The van der Waals surface area contributed by atoms with Gasteiger partial charge in [0.05, 0.1) is 13.3 Å². The van der Waals surface area contributed by atoms with Crippen molar-refractivity contribution in [3.05, 3.63) is 82.8 Å². The van der Waals surface area contributed by atoms with Crippen LogP contribution < -0.4 is 20.2 Å². The number of anilines is 1. The molecule has 0 fully saturated rings. The van der Waals surface area contributed by atoms with Crippen molar-refractivity contribution >= 4 is 45.2 Å². The molecule has 0 atom stereocenters. The minimum absolute atomic E-state index is 0.400. The van der Waals surface area contributed by atoms with E-state index in [2.05, 4.69) is 31.8 Å². The van der Waals surface area contributed by atoms with E-state index < -0.39 is 0 Å². The van der Waals surface area contributed by atoms with Crippen molar-refractivity contribution in [2.24, 2.45) is 5.10 Å². The number of nitrogens with one attached hydrogen (secondary N) is 2. The molecule has 3 rings (SSSR count). The summed E-state index contributed by atoms with van der Waals surface area (Å²) in [7, 11) is 1.63. The summed E-state index contributed by atoms with van der Waals surface area (Å²) >= 11 is 8.63. The Hall–Kier alpha value is -2.90. The van der Waals surface area contributed by atoms with Crippen molar-refractivity contribution in [1.82, 2.24) is 5.43 Å². The van der Waals surface area contributed by atoms with Crippen LogP contribution in [0.1, 0.15) is 5.56 Å². The highest BCUT2D eigenvalue weighted by atomic mass is 79.9. The number of hydrazone groups is 1. The molecule has 0 aromatic heterocycles. The van der Waals surface area contributed by atoms with Gasteiger partial charge in [0, 0.05) is 10.2 Å². The molecule has 0 saturated heterocycles. The first kappa shape index (κ1) is 19.9. The molecule has 0 aliphatic rings. The van der Waals surface area contributed by atoms with Crippen LogP contribution in [0.2, 0.25) is 0 Å². The monoisotopic (exact) mass is 455 g/mol. The fraction of sp³-hybridized carbons (Fsp3) is 0.0476. The van der Waals surface area contributed by atoms with Gasteiger partial charge in [-0.15, -0.1) is 0 Å². The summed E-state index contributed by atoms with van der Waals surface area (Å²) in [4.78, 5) is 0. The number of ether oxygens (including phenoxy) is 2. The van der Waals surface area contributed by atoms with E-state index in [0.717, 1.165) is 33.0 Å². The highest BCUT2D eigenvalue weighted by molar-refractivity contribution is 9.10. The molecule has 0 unspecified atom stereocenters. The molecule has 0 bridgehead atoms. The van der Waals surface area contributed by atoms with Gasteiger partial charge in [0.25, 0.3) is 0 Å². The number of rotatable bonds is 6. The number of nitrogens with zero attached hydrogens (tertiary/aromatic N) is 1. The Morgan fingerprint density at radius 2 is 1.46 bits per heavy atom. The Morgan fingerprint density at radius 3 is 2.07 bits per heavy atom. The minimum atomic E-state index is 0.400. The molecule has 3 aromatic carbocycles. The van der Waals surface area contributed by atoms with Crippen LogP contribution in [0, 0.1) is 0 Å². The molecule has 2 N–H and O–H groups in total. The predicted molar refractivity (Wildman–Crippen MR) is 121 cm³/mol. The van der Waals surface area contributed by atoms with Crippen molar-refractivity contribution in [1.29, 1.82) is 0 Å². The standard InChI is InChI=1S/C21H18BrN3O2S/c1-26-18-12-6-17(7-13-18)24-21(28)25-23-14-15-2-8-19(9-3-15)27-20-10-4-16(22)5-11-20/h2-14H,1H3,(H2,24,25,28)/b23-14+. The third-order valence-electron chi connectivity index (χ3n) is 3.66. The zero-order chi connectivity index (χ0) is 19.8. The Morgan fingerprint density at radius 1 is 0.893 bits per heavy atom. The molecule has 142 valence electrons. The number of hydrogen-bond donors (Lipinski definition) is 2. The molecule has 0 aliphatic carbocycles. The summed E-state index contributed by atoms with van der Waals surface area (Å²) in [6, 6.07) is 22.7. The Kier molecular flexibility index (Phi) is 7.00.